The fourth-order valence-corrected chi connectivity index (χ4v) is 3.82. The summed E-state index contributed by atoms with van der Waals surface area (Å²) >= 11 is 0. The molecule has 4 rings (SSSR count). The first-order valence-corrected chi connectivity index (χ1v) is 8.16. The van der Waals surface area contributed by atoms with Crippen LogP contribution in [0.15, 0.2) is 36.4 Å². The largest absolute Gasteiger partial charge is 0.356 e. The highest BCUT2D eigenvalue weighted by Gasteiger charge is 2.35. The van der Waals surface area contributed by atoms with E-state index in [4.69, 9.17) is 0 Å². The topological polar surface area (TPSA) is 57.8 Å². The number of rotatable bonds is 5. The number of imidazole rings is 1. The van der Waals surface area contributed by atoms with Crippen molar-refractivity contribution in [3.8, 4) is 0 Å². The first-order valence-electron chi connectivity index (χ1n) is 8.16. The van der Waals surface area contributed by atoms with E-state index in [0.29, 0.717) is 24.7 Å². The van der Waals surface area contributed by atoms with E-state index in [0.717, 1.165) is 29.3 Å². The molecule has 0 saturated heterocycles. The Kier molecular flexibility index (Phi) is 3.45. The number of aromatic nitrogens is 2. The summed E-state index contributed by atoms with van der Waals surface area (Å²) in [5, 5.41) is 3.10. The minimum absolute atomic E-state index is 0.132. The van der Waals surface area contributed by atoms with Crippen LogP contribution >= 0.6 is 0 Å². The van der Waals surface area contributed by atoms with Gasteiger partial charge in [0.25, 0.3) is 0 Å². The van der Waals surface area contributed by atoms with Gasteiger partial charge in [0.15, 0.2) is 0 Å². The Morgan fingerprint density at radius 2 is 2.18 bits per heavy atom. The molecule has 114 valence electrons. The molecule has 0 radical (unpaired) electrons. The van der Waals surface area contributed by atoms with Gasteiger partial charge < -0.3 is 10.3 Å². The van der Waals surface area contributed by atoms with E-state index in [1.807, 2.05) is 24.3 Å². The Morgan fingerprint density at radius 3 is 2.95 bits per heavy atom. The van der Waals surface area contributed by atoms with Crippen molar-refractivity contribution in [3.63, 3.8) is 0 Å². The number of hydrogen-bond donors (Lipinski definition) is 2. The highest BCUT2D eigenvalue weighted by Crippen LogP contribution is 2.42. The number of aryl methyl sites for hydroxylation is 1. The van der Waals surface area contributed by atoms with Crippen molar-refractivity contribution in [2.24, 2.45) is 17.8 Å². The maximum Gasteiger partial charge on any atom is 0.220 e. The van der Waals surface area contributed by atoms with Gasteiger partial charge in [-0.05, 0) is 42.7 Å². The van der Waals surface area contributed by atoms with Crippen LogP contribution in [-0.4, -0.2) is 22.4 Å². The van der Waals surface area contributed by atoms with E-state index in [-0.39, 0.29) is 5.91 Å². The Hall–Kier alpha value is -2.10. The number of amides is 1. The number of H-pyrrole nitrogens is 1. The molecule has 1 heterocycles. The van der Waals surface area contributed by atoms with Crippen LogP contribution in [0.1, 0.15) is 25.1 Å². The van der Waals surface area contributed by atoms with Gasteiger partial charge in [0.2, 0.25) is 5.91 Å². The van der Waals surface area contributed by atoms with Crippen LogP contribution in [0.25, 0.3) is 11.0 Å². The number of aromatic amines is 1. The van der Waals surface area contributed by atoms with Crippen molar-refractivity contribution in [1.82, 2.24) is 15.3 Å². The molecule has 3 atom stereocenters. The van der Waals surface area contributed by atoms with E-state index < -0.39 is 0 Å². The van der Waals surface area contributed by atoms with Crippen LogP contribution in [0.5, 0.6) is 0 Å². The second kappa shape index (κ2) is 5.59. The molecule has 2 bridgehead atoms. The summed E-state index contributed by atoms with van der Waals surface area (Å²) in [6.07, 6.45) is 8.36. The number of allylic oxidation sites excluding steroid dienone is 2. The molecule has 1 amide bonds. The minimum Gasteiger partial charge on any atom is -0.356 e. The van der Waals surface area contributed by atoms with Crippen LogP contribution in [0.2, 0.25) is 0 Å². The summed E-state index contributed by atoms with van der Waals surface area (Å²) in [7, 11) is 0. The number of hydrogen-bond acceptors (Lipinski definition) is 2. The molecule has 2 aliphatic carbocycles. The highest BCUT2D eigenvalue weighted by atomic mass is 16.1. The minimum atomic E-state index is 0.132. The molecular weight excluding hydrogens is 274 g/mol. The van der Waals surface area contributed by atoms with Crippen LogP contribution < -0.4 is 5.32 Å². The van der Waals surface area contributed by atoms with Crippen molar-refractivity contribution in [3.05, 3.63) is 42.2 Å². The summed E-state index contributed by atoms with van der Waals surface area (Å²) in [5.41, 5.74) is 2.00. The van der Waals surface area contributed by atoms with E-state index >= 15 is 0 Å². The Morgan fingerprint density at radius 1 is 1.27 bits per heavy atom. The lowest BCUT2D eigenvalue weighted by molar-refractivity contribution is -0.121. The number of para-hydroxylation sites is 2. The predicted molar refractivity (Wildman–Crippen MR) is 86.3 cm³/mol. The van der Waals surface area contributed by atoms with Crippen molar-refractivity contribution in [1.29, 1.82) is 0 Å². The van der Waals surface area contributed by atoms with Gasteiger partial charge in [0, 0.05) is 19.4 Å². The van der Waals surface area contributed by atoms with Crippen LogP contribution in [0.4, 0.5) is 0 Å². The summed E-state index contributed by atoms with van der Waals surface area (Å²) in [6.45, 7) is 0.824. The highest BCUT2D eigenvalue weighted by molar-refractivity contribution is 5.77. The van der Waals surface area contributed by atoms with Gasteiger partial charge in [-0.15, -0.1) is 0 Å². The zero-order valence-electron chi connectivity index (χ0n) is 12.6. The predicted octanol–water partition coefficient (Wildman–Crippen LogP) is 2.82. The smallest absolute Gasteiger partial charge is 0.220 e. The third-order valence-corrected chi connectivity index (χ3v) is 5.01. The lowest BCUT2D eigenvalue weighted by atomic mass is 9.93. The first kappa shape index (κ1) is 13.6. The quantitative estimate of drug-likeness (QED) is 0.833. The van der Waals surface area contributed by atoms with Crippen molar-refractivity contribution >= 4 is 16.9 Å². The summed E-state index contributed by atoms with van der Waals surface area (Å²) in [5.74, 6) is 3.12. The zero-order valence-corrected chi connectivity index (χ0v) is 12.6. The fourth-order valence-electron chi connectivity index (χ4n) is 3.82. The summed E-state index contributed by atoms with van der Waals surface area (Å²) in [4.78, 5) is 19.8. The fraction of sp³-hybridized carbons (Fsp3) is 0.444. The molecule has 1 saturated carbocycles. The average Bonchev–Trinajstić information content (AvgIpc) is 3.24. The number of fused-ring (bicyclic) bond motifs is 3. The SMILES string of the molecule is O=C(CCc1nc2ccccc2[nH]1)NC[C@@H]1C[C@@H]2C=C[C@H]1C2. The van der Waals surface area contributed by atoms with Gasteiger partial charge in [0.1, 0.15) is 5.82 Å². The van der Waals surface area contributed by atoms with Gasteiger partial charge in [-0.3, -0.25) is 4.79 Å². The number of nitrogens with one attached hydrogen (secondary N) is 2. The van der Waals surface area contributed by atoms with Gasteiger partial charge >= 0.3 is 0 Å². The monoisotopic (exact) mass is 295 g/mol. The molecule has 1 aromatic heterocycles. The van der Waals surface area contributed by atoms with E-state index in [1.165, 1.54) is 12.8 Å². The molecule has 0 unspecified atom stereocenters. The molecule has 22 heavy (non-hydrogen) atoms. The van der Waals surface area contributed by atoms with Crippen molar-refractivity contribution in [2.45, 2.75) is 25.7 Å². The lowest BCUT2D eigenvalue weighted by Gasteiger charge is -2.18. The second-order valence-electron chi connectivity index (χ2n) is 6.55. The molecule has 2 aromatic rings. The standard InChI is InChI=1S/C18H21N3O/c22-18(19-11-14-10-12-5-6-13(14)9-12)8-7-17-20-15-3-1-2-4-16(15)21-17/h1-6,12-14H,7-11H2,(H,19,22)(H,20,21)/t12-,13+,14+/m1/s1. The Labute approximate surface area is 130 Å². The van der Waals surface area contributed by atoms with Gasteiger partial charge in [-0.2, -0.15) is 0 Å². The molecule has 2 aliphatic rings. The van der Waals surface area contributed by atoms with Crippen LogP contribution in [0, 0.1) is 17.8 Å². The molecule has 4 nitrogen and oxygen atoms in total. The van der Waals surface area contributed by atoms with Gasteiger partial charge in [-0.25, -0.2) is 4.98 Å². The first-order chi connectivity index (χ1) is 10.8. The molecule has 4 heteroatoms. The molecule has 2 N–H and O–H groups in total. The van der Waals surface area contributed by atoms with Gasteiger partial charge in [0.05, 0.1) is 11.0 Å². The van der Waals surface area contributed by atoms with Gasteiger partial charge in [-0.1, -0.05) is 24.3 Å². The third kappa shape index (κ3) is 2.65. The number of carbonyl (C=O) groups is 1. The summed E-state index contributed by atoms with van der Waals surface area (Å²) < 4.78 is 0. The zero-order chi connectivity index (χ0) is 14.9. The van der Waals surface area contributed by atoms with E-state index in [1.54, 1.807) is 0 Å². The van der Waals surface area contributed by atoms with Crippen molar-refractivity contribution < 1.29 is 4.79 Å². The molecular formula is C18H21N3O. The van der Waals surface area contributed by atoms with E-state index in [2.05, 4.69) is 27.4 Å². The maximum absolute atomic E-state index is 12.0. The molecule has 1 fully saturated rings. The summed E-state index contributed by atoms with van der Waals surface area (Å²) in [6, 6.07) is 7.96. The maximum atomic E-state index is 12.0. The Bertz CT molecular complexity index is 685. The normalized spacial score (nSPS) is 25.9. The Balaban J connectivity index is 1.26. The van der Waals surface area contributed by atoms with Crippen LogP contribution in [0.3, 0.4) is 0 Å². The lowest BCUT2D eigenvalue weighted by Crippen LogP contribution is -2.31. The molecule has 0 aliphatic heterocycles. The molecule has 0 spiro atoms. The van der Waals surface area contributed by atoms with Crippen LogP contribution in [-0.2, 0) is 11.2 Å². The number of carbonyl (C=O) groups excluding carboxylic acids is 1. The second-order valence-corrected chi connectivity index (χ2v) is 6.55. The number of benzene rings is 1. The average molecular weight is 295 g/mol. The van der Waals surface area contributed by atoms with E-state index in [9.17, 15) is 4.79 Å². The molecule has 1 aromatic carbocycles. The number of nitrogens with zero attached hydrogens (tertiary/aromatic N) is 1. The third-order valence-electron chi connectivity index (χ3n) is 5.01. The van der Waals surface area contributed by atoms with Crippen molar-refractivity contribution in [2.75, 3.05) is 6.54 Å².